The van der Waals surface area contributed by atoms with E-state index in [1.165, 1.54) is 0 Å². The molecule has 0 spiro atoms. The van der Waals surface area contributed by atoms with Crippen LogP contribution in [0, 0.1) is 5.92 Å². The highest BCUT2D eigenvalue weighted by Gasteiger charge is 2.13. The first-order valence-corrected chi connectivity index (χ1v) is 7.73. The van der Waals surface area contributed by atoms with Gasteiger partial charge >= 0.3 is 0 Å². The number of hydrogen-bond donors (Lipinski definition) is 2. The fraction of sp³-hybridized carbons (Fsp3) is 0.278. The highest BCUT2D eigenvalue weighted by Crippen LogP contribution is 2.25. The van der Waals surface area contributed by atoms with Gasteiger partial charge in [0.1, 0.15) is 0 Å². The van der Waals surface area contributed by atoms with E-state index in [0.717, 1.165) is 11.1 Å². The zero-order valence-corrected chi connectivity index (χ0v) is 13.3. The van der Waals surface area contributed by atoms with Crippen molar-refractivity contribution in [1.82, 2.24) is 5.32 Å². The fourth-order valence-corrected chi connectivity index (χ4v) is 2.40. The molecular formula is C18H20ClNO2. The summed E-state index contributed by atoms with van der Waals surface area (Å²) in [5.41, 5.74) is 2.47. The molecule has 1 amide bonds. The molecule has 116 valence electrons. The van der Waals surface area contributed by atoms with Gasteiger partial charge in [-0.25, -0.2) is 0 Å². The first-order chi connectivity index (χ1) is 10.6. The maximum atomic E-state index is 12.3. The molecule has 0 aromatic heterocycles. The van der Waals surface area contributed by atoms with Crippen molar-refractivity contribution in [1.29, 1.82) is 0 Å². The molecule has 0 radical (unpaired) electrons. The summed E-state index contributed by atoms with van der Waals surface area (Å²) in [5, 5.41) is 12.2. The Morgan fingerprint density at radius 3 is 2.59 bits per heavy atom. The van der Waals surface area contributed by atoms with Gasteiger partial charge < -0.3 is 10.4 Å². The Hall–Kier alpha value is -1.84. The van der Waals surface area contributed by atoms with E-state index in [0.29, 0.717) is 23.6 Å². The van der Waals surface area contributed by atoms with Crippen LogP contribution in [-0.4, -0.2) is 24.2 Å². The summed E-state index contributed by atoms with van der Waals surface area (Å²) in [7, 11) is 0. The lowest BCUT2D eigenvalue weighted by molar-refractivity contribution is 0.0945. The summed E-state index contributed by atoms with van der Waals surface area (Å²) >= 11 is 6.15. The van der Waals surface area contributed by atoms with E-state index in [9.17, 15) is 4.79 Å². The van der Waals surface area contributed by atoms with Gasteiger partial charge in [-0.05, 0) is 35.6 Å². The Labute approximate surface area is 135 Å². The van der Waals surface area contributed by atoms with Gasteiger partial charge in [0, 0.05) is 13.2 Å². The highest BCUT2D eigenvalue weighted by molar-refractivity contribution is 6.34. The summed E-state index contributed by atoms with van der Waals surface area (Å²) < 4.78 is 0. The van der Waals surface area contributed by atoms with Crippen LogP contribution in [-0.2, 0) is 0 Å². The zero-order chi connectivity index (χ0) is 15.9. The molecule has 2 N–H and O–H groups in total. The van der Waals surface area contributed by atoms with Gasteiger partial charge in [-0.2, -0.15) is 0 Å². The van der Waals surface area contributed by atoms with Gasteiger partial charge in [-0.3, -0.25) is 4.79 Å². The molecule has 2 aromatic carbocycles. The zero-order valence-electron chi connectivity index (χ0n) is 12.6. The normalized spacial score (nSPS) is 12.0. The lowest BCUT2D eigenvalue weighted by Crippen LogP contribution is -2.28. The number of amides is 1. The van der Waals surface area contributed by atoms with Crippen molar-refractivity contribution >= 4 is 17.5 Å². The number of nitrogens with one attached hydrogen (secondary N) is 1. The van der Waals surface area contributed by atoms with Crippen LogP contribution >= 0.6 is 11.6 Å². The molecule has 4 heteroatoms. The lowest BCUT2D eigenvalue weighted by atomic mass is 10.0. The minimum atomic E-state index is -0.187. The first kappa shape index (κ1) is 16.5. The monoisotopic (exact) mass is 317 g/mol. The summed E-state index contributed by atoms with van der Waals surface area (Å²) in [6, 6.07) is 15.3. The summed E-state index contributed by atoms with van der Waals surface area (Å²) in [6.07, 6.45) is 0.665. The predicted molar refractivity (Wildman–Crippen MR) is 90.1 cm³/mol. The van der Waals surface area contributed by atoms with Gasteiger partial charge in [-0.1, -0.05) is 54.9 Å². The molecule has 0 saturated heterocycles. The van der Waals surface area contributed by atoms with E-state index in [4.69, 9.17) is 16.7 Å². The van der Waals surface area contributed by atoms with E-state index >= 15 is 0 Å². The van der Waals surface area contributed by atoms with Crippen molar-refractivity contribution in [3.8, 4) is 11.1 Å². The quantitative estimate of drug-likeness (QED) is 0.852. The second-order valence-electron chi connectivity index (χ2n) is 5.39. The predicted octanol–water partition coefficient (Wildman–Crippen LogP) is 3.76. The molecule has 0 fully saturated rings. The Bertz CT molecular complexity index is 628. The Morgan fingerprint density at radius 1 is 1.18 bits per heavy atom. The Morgan fingerprint density at radius 2 is 1.91 bits per heavy atom. The molecule has 0 aliphatic carbocycles. The Balaban J connectivity index is 2.15. The van der Waals surface area contributed by atoms with E-state index in [1.54, 1.807) is 6.07 Å². The van der Waals surface area contributed by atoms with Crippen LogP contribution in [0.4, 0.5) is 0 Å². The van der Waals surface area contributed by atoms with E-state index < -0.39 is 0 Å². The second-order valence-corrected chi connectivity index (χ2v) is 5.80. The minimum absolute atomic E-state index is 0.126. The standard InChI is InChI=1S/C18H20ClNO2/c1-13(9-10-21)12-20-18(22)16-11-15(7-8-17(16)19)14-5-3-2-4-6-14/h2-8,11,13,21H,9-10,12H2,1H3,(H,20,22). The van der Waals surface area contributed by atoms with E-state index in [-0.39, 0.29) is 18.4 Å². The average molecular weight is 318 g/mol. The second kappa shape index (κ2) is 7.97. The number of aliphatic hydroxyl groups is 1. The Kier molecular flexibility index (Phi) is 5.99. The molecule has 3 nitrogen and oxygen atoms in total. The van der Waals surface area contributed by atoms with Crippen LogP contribution in [0.3, 0.4) is 0 Å². The molecule has 1 atom stereocenters. The number of rotatable bonds is 6. The number of carbonyl (C=O) groups excluding carboxylic acids is 1. The molecule has 22 heavy (non-hydrogen) atoms. The van der Waals surface area contributed by atoms with Crippen molar-refractivity contribution < 1.29 is 9.90 Å². The fourth-order valence-electron chi connectivity index (χ4n) is 2.19. The van der Waals surface area contributed by atoms with Gasteiger partial charge in [0.25, 0.3) is 5.91 Å². The van der Waals surface area contributed by atoms with E-state index in [1.807, 2.05) is 49.4 Å². The summed E-state index contributed by atoms with van der Waals surface area (Å²) in [4.78, 5) is 12.3. The van der Waals surface area contributed by atoms with Crippen molar-refractivity contribution in [2.45, 2.75) is 13.3 Å². The lowest BCUT2D eigenvalue weighted by Gasteiger charge is -2.12. The molecule has 2 rings (SSSR count). The molecule has 0 saturated carbocycles. The molecule has 0 aliphatic heterocycles. The maximum Gasteiger partial charge on any atom is 0.252 e. The van der Waals surface area contributed by atoms with Crippen LogP contribution in [0.1, 0.15) is 23.7 Å². The number of benzene rings is 2. The average Bonchev–Trinajstić information content (AvgIpc) is 2.54. The van der Waals surface area contributed by atoms with Gasteiger partial charge in [0.05, 0.1) is 10.6 Å². The highest BCUT2D eigenvalue weighted by atomic mass is 35.5. The van der Waals surface area contributed by atoms with Gasteiger partial charge in [-0.15, -0.1) is 0 Å². The van der Waals surface area contributed by atoms with Crippen LogP contribution in [0.15, 0.2) is 48.5 Å². The third-order valence-electron chi connectivity index (χ3n) is 3.55. The van der Waals surface area contributed by atoms with E-state index in [2.05, 4.69) is 5.32 Å². The van der Waals surface area contributed by atoms with Crippen molar-refractivity contribution in [2.24, 2.45) is 5.92 Å². The third kappa shape index (κ3) is 4.33. The molecule has 1 unspecified atom stereocenters. The number of aliphatic hydroxyl groups excluding tert-OH is 1. The maximum absolute atomic E-state index is 12.3. The molecule has 0 bridgehead atoms. The summed E-state index contributed by atoms with van der Waals surface area (Å²) in [6.45, 7) is 2.63. The third-order valence-corrected chi connectivity index (χ3v) is 3.88. The topological polar surface area (TPSA) is 49.3 Å². The minimum Gasteiger partial charge on any atom is -0.396 e. The first-order valence-electron chi connectivity index (χ1n) is 7.36. The molecule has 0 heterocycles. The number of halogens is 1. The van der Waals surface area contributed by atoms with Crippen molar-refractivity contribution in [2.75, 3.05) is 13.2 Å². The summed E-state index contributed by atoms with van der Waals surface area (Å²) in [5.74, 6) is 0.0394. The van der Waals surface area contributed by atoms with Crippen LogP contribution < -0.4 is 5.32 Å². The molecule has 2 aromatic rings. The van der Waals surface area contributed by atoms with Gasteiger partial charge in [0.15, 0.2) is 0 Å². The largest absolute Gasteiger partial charge is 0.396 e. The van der Waals surface area contributed by atoms with Crippen molar-refractivity contribution in [3.63, 3.8) is 0 Å². The number of hydrogen-bond acceptors (Lipinski definition) is 2. The van der Waals surface area contributed by atoms with Crippen LogP contribution in [0.5, 0.6) is 0 Å². The molecule has 0 aliphatic rings. The molecular weight excluding hydrogens is 298 g/mol. The smallest absolute Gasteiger partial charge is 0.252 e. The van der Waals surface area contributed by atoms with Crippen LogP contribution in [0.2, 0.25) is 5.02 Å². The van der Waals surface area contributed by atoms with Crippen LogP contribution in [0.25, 0.3) is 11.1 Å². The number of carbonyl (C=O) groups is 1. The van der Waals surface area contributed by atoms with Crippen molar-refractivity contribution in [3.05, 3.63) is 59.1 Å². The van der Waals surface area contributed by atoms with Gasteiger partial charge in [0.2, 0.25) is 0 Å². The SMILES string of the molecule is CC(CCO)CNC(=O)c1cc(-c2ccccc2)ccc1Cl.